The Kier molecular flexibility index (Phi) is 3.50. The standard InChI is InChI=1S/C12H10F2N2O2S/c13-16(14)10-6-7-12(19(15,17)18)11(8-10)9-4-2-1-3-5-9/h1-8H,(H2,15,17,18). The van der Waals surface area contributed by atoms with E-state index in [1.807, 2.05) is 0 Å². The molecule has 2 N–H and O–H groups in total. The van der Waals surface area contributed by atoms with Crippen molar-refractivity contribution < 1.29 is 17.4 Å². The molecular weight excluding hydrogens is 274 g/mol. The summed E-state index contributed by atoms with van der Waals surface area (Å²) in [7, 11) is -3.99. The number of nitrogens with two attached hydrogens (primary N) is 1. The minimum Gasteiger partial charge on any atom is -0.225 e. The first-order valence-electron chi connectivity index (χ1n) is 5.23. The fourth-order valence-electron chi connectivity index (χ4n) is 1.71. The van der Waals surface area contributed by atoms with Crippen LogP contribution in [0.15, 0.2) is 53.4 Å². The SMILES string of the molecule is NS(=O)(=O)c1ccc(N(F)F)cc1-c1ccccc1. The van der Waals surface area contributed by atoms with E-state index in [-0.39, 0.29) is 10.5 Å². The van der Waals surface area contributed by atoms with Crippen LogP contribution in [0.25, 0.3) is 11.1 Å². The molecule has 2 aromatic carbocycles. The predicted octanol–water partition coefficient (Wildman–Crippen LogP) is 2.58. The van der Waals surface area contributed by atoms with E-state index in [2.05, 4.69) is 0 Å². The second-order valence-corrected chi connectivity index (χ2v) is 5.35. The Morgan fingerprint density at radius 3 is 2.16 bits per heavy atom. The van der Waals surface area contributed by atoms with Gasteiger partial charge in [-0.2, -0.15) is 0 Å². The van der Waals surface area contributed by atoms with Gasteiger partial charge in [0.15, 0.2) is 0 Å². The summed E-state index contributed by atoms with van der Waals surface area (Å²) in [5.74, 6) is 0. The Morgan fingerprint density at radius 2 is 1.63 bits per heavy atom. The first-order chi connectivity index (χ1) is 8.89. The summed E-state index contributed by atoms with van der Waals surface area (Å²) in [5, 5.41) is 4.01. The highest BCUT2D eigenvalue weighted by Gasteiger charge is 2.17. The zero-order valence-electron chi connectivity index (χ0n) is 9.62. The van der Waals surface area contributed by atoms with Crippen LogP contribution in [0, 0.1) is 0 Å². The van der Waals surface area contributed by atoms with Gasteiger partial charge in [-0.15, -0.1) is 0 Å². The molecule has 0 saturated heterocycles. The van der Waals surface area contributed by atoms with E-state index in [0.717, 1.165) is 18.2 Å². The number of hydrogen-bond acceptors (Lipinski definition) is 3. The minimum atomic E-state index is -3.99. The van der Waals surface area contributed by atoms with E-state index in [9.17, 15) is 17.4 Å². The van der Waals surface area contributed by atoms with E-state index in [0.29, 0.717) is 5.56 Å². The largest absolute Gasteiger partial charge is 0.238 e. The van der Waals surface area contributed by atoms with Crippen molar-refractivity contribution in [3.8, 4) is 11.1 Å². The van der Waals surface area contributed by atoms with E-state index < -0.39 is 21.1 Å². The van der Waals surface area contributed by atoms with Crippen molar-refractivity contribution in [2.24, 2.45) is 5.14 Å². The molecule has 100 valence electrons. The number of anilines is 1. The lowest BCUT2D eigenvalue weighted by molar-refractivity contribution is 0.235. The molecule has 0 heterocycles. The average Bonchev–Trinajstić information content (AvgIpc) is 2.38. The van der Waals surface area contributed by atoms with Crippen LogP contribution >= 0.6 is 0 Å². The lowest BCUT2D eigenvalue weighted by Crippen LogP contribution is -2.13. The third kappa shape index (κ3) is 2.88. The van der Waals surface area contributed by atoms with Gasteiger partial charge in [0.1, 0.15) is 5.69 Å². The van der Waals surface area contributed by atoms with Crippen molar-refractivity contribution in [1.82, 2.24) is 0 Å². The van der Waals surface area contributed by atoms with E-state index in [1.54, 1.807) is 30.3 Å². The molecule has 0 atom stereocenters. The van der Waals surface area contributed by atoms with Crippen LogP contribution in [0.4, 0.5) is 14.6 Å². The molecule has 0 amide bonds. The molecule has 0 aliphatic rings. The van der Waals surface area contributed by atoms with Crippen molar-refractivity contribution in [2.75, 3.05) is 5.34 Å². The first kappa shape index (κ1) is 13.4. The summed E-state index contributed by atoms with van der Waals surface area (Å²) >= 11 is 0. The maximum atomic E-state index is 12.5. The Morgan fingerprint density at radius 1 is 1.00 bits per heavy atom. The van der Waals surface area contributed by atoms with Crippen molar-refractivity contribution in [3.05, 3.63) is 48.5 Å². The number of nitrogens with zero attached hydrogens (tertiary/aromatic N) is 1. The summed E-state index contributed by atoms with van der Waals surface area (Å²) < 4.78 is 48.1. The highest BCUT2D eigenvalue weighted by Crippen LogP contribution is 2.31. The van der Waals surface area contributed by atoms with Crippen LogP contribution < -0.4 is 10.5 Å². The lowest BCUT2D eigenvalue weighted by Gasteiger charge is -2.10. The van der Waals surface area contributed by atoms with E-state index >= 15 is 0 Å². The van der Waals surface area contributed by atoms with E-state index in [1.165, 1.54) is 0 Å². The Balaban J connectivity index is 2.71. The summed E-state index contributed by atoms with van der Waals surface area (Å²) in [6.07, 6.45) is 0. The molecule has 0 spiro atoms. The highest BCUT2D eigenvalue weighted by atomic mass is 32.2. The van der Waals surface area contributed by atoms with Gasteiger partial charge in [-0.25, -0.2) is 13.6 Å². The maximum absolute atomic E-state index is 12.5. The summed E-state index contributed by atoms with van der Waals surface area (Å²) in [5.41, 5.74) is 0.224. The van der Waals surface area contributed by atoms with Crippen LogP contribution in [0.3, 0.4) is 0 Å². The highest BCUT2D eigenvalue weighted by molar-refractivity contribution is 7.89. The Hall–Kier alpha value is -1.99. The van der Waals surface area contributed by atoms with Gasteiger partial charge in [-0.05, 0) is 29.1 Å². The van der Waals surface area contributed by atoms with Crippen molar-refractivity contribution in [1.29, 1.82) is 0 Å². The zero-order chi connectivity index (χ0) is 14.0. The Bertz CT molecular complexity index is 688. The lowest BCUT2D eigenvalue weighted by atomic mass is 10.1. The van der Waals surface area contributed by atoms with Crippen LogP contribution in [-0.4, -0.2) is 8.42 Å². The van der Waals surface area contributed by atoms with Crippen molar-refractivity contribution in [2.45, 2.75) is 4.90 Å². The summed E-state index contributed by atoms with van der Waals surface area (Å²) in [4.78, 5) is -0.190. The van der Waals surface area contributed by atoms with Gasteiger partial charge in [0.2, 0.25) is 10.0 Å². The quantitative estimate of drug-likeness (QED) is 0.881. The number of primary sulfonamides is 1. The molecule has 0 aliphatic heterocycles. The molecule has 0 saturated carbocycles. The number of rotatable bonds is 3. The number of halogens is 2. The molecule has 0 radical (unpaired) electrons. The molecule has 19 heavy (non-hydrogen) atoms. The number of hydrogen-bond donors (Lipinski definition) is 1. The van der Waals surface area contributed by atoms with Gasteiger partial charge < -0.3 is 0 Å². The van der Waals surface area contributed by atoms with Crippen LogP contribution in [-0.2, 0) is 10.0 Å². The molecule has 0 unspecified atom stereocenters. The average molecular weight is 284 g/mol. The topological polar surface area (TPSA) is 63.4 Å². The second kappa shape index (κ2) is 4.94. The van der Waals surface area contributed by atoms with Crippen molar-refractivity contribution >= 4 is 15.7 Å². The maximum Gasteiger partial charge on any atom is 0.238 e. The van der Waals surface area contributed by atoms with Gasteiger partial charge in [0, 0.05) is 5.56 Å². The number of sulfonamides is 1. The summed E-state index contributed by atoms with van der Waals surface area (Å²) in [6, 6.07) is 11.5. The molecule has 0 aromatic heterocycles. The number of benzene rings is 2. The third-order valence-electron chi connectivity index (χ3n) is 2.55. The molecule has 7 heteroatoms. The fraction of sp³-hybridized carbons (Fsp3) is 0. The Labute approximate surface area is 109 Å². The molecule has 0 bridgehead atoms. The second-order valence-electron chi connectivity index (χ2n) is 3.82. The van der Waals surface area contributed by atoms with Crippen LogP contribution in [0.5, 0.6) is 0 Å². The predicted molar refractivity (Wildman–Crippen MR) is 67.9 cm³/mol. The minimum absolute atomic E-state index is 0.140. The van der Waals surface area contributed by atoms with Gasteiger partial charge >= 0.3 is 0 Å². The molecule has 0 aliphatic carbocycles. The fourth-order valence-corrected chi connectivity index (χ4v) is 2.46. The molecular formula is C12H10F2N2O2S. The van der Waals surface area contributed by atoms with Gasteiger partial charge in [-0.3, -0.25) is 0 Å². The molecule has 2 aromatic rings. The van der Waals surface area contributed by atoms with Crippen LogP contribution in [0.2, 0.25) is 0 Å². The third-order valence-corrected chi connectivity index (χ3v) is 3.52. The molecule has 0 fully saturated rings. The van der Waals surface area contributed by atoms with Gasteiger partial charge in [0.25, 0.3) is 0 Å². The van der Waals surface area contributed by atoms with Gasteiger partial charge in [0.05, 0.1) is 4.90 Å². The van der Waals surface area contributed by atoms with Gasteiger partial charge in [-0.1, -0.05) is 39.3 Å². The zero-order valence-corrected chi connectivity index (χ0v) is 10.4. The van der Waals surface area contributed by atoms with E-state index in [4.69, 9.17) is 5.14 Å². The monoisotopic (exact) mass is 284 g/mol. The van der Waals surface area contributed by atoms with Crippen molar-refractivity contribution in [3.63, 3.8) is 0 Å². The molecule has 2 rings (SSSR count). The molecule has 4 nitrogen and oxygen atoms in total. The normalized spacial score (nSPS) is 11.3. The first-order valence-corrected chi connectivity index (χ1v) is 6.78. The van der Waals surface area contributed by atoms with Crippen LogP contribution in [0.1, 0.15) is 0 Å². The summed E-state index contributed by atoms with van der Waals surface area (Å²) in [6.45, 7) is 0. The smallest absolute Gasteiger partial charge is 0.225 e.